The number of hydrogen-bond donors (Lipinski definition) is 2. The summed E-state index contributed by atoms with van der Waals surface area (Å²) in [6.07, 6.45) is -0.596. The molecule has 8 heteroatoms. The number of thiazole rings is 1. The highest BCUT2D eigenvalue weighted by atomic mass is 32.2. The Balaban J connectivity index is 2.12. The van der Waals surface area contributed by atoms with E-state index in [9.17, 15) is 9.59 Å². The van der Waals surface area contributed by atoms with Crippen LogP contribution in [-0.2, 0) is 10.5 Å². The molecule has 0 atom stereocenters. The Kier molecular flexibility index (Phi) is 6.42. The van der Waals surface area contributed by atoms with Crippen LogP contribution in [0.15, 0.2) is 34.7 Å². The SMILES string of the molecule is CCOC(=O)Nc1sc(SCc2ccccc2)nc1C(=O)NC. The maximum atomic E-state index is 11.9. The number of carbonyl (C=O) groups excluding carboxylic acids is 2. The van der Waals surface area contributed by atoms with Crippen molar-refractivity contribution in [2.45, 2.75) is 17.0 Å². The van der Waals surface area contributed by atoms with E-state index in [1.54, 1.807) is 6.92 Å². The molecule has 0 aliphatic heterocycles. The molecule has 0 unspecified atom stereocenters. The number of benzene rings is 1. The smallest absolute Gasteiger partial charge is 0.412 e. The number of anilines is 1. The molecule has 122 valence electrons. The van der Waals surface area contributed by atoms with Crippen molar-refractivity contribution < 1.29 is 14.3 Å². The van der Waals surface area contributed by atoms with E-state index in [1.807, 2.05) is 30.3 Å². The molecule has 0 saturated heterocycles. The predicted octanol–water partition coefficient (Wildman–Crippen LogP) is 3.36. The number of carbonyl (C=O) groups is 2. The van der Waals surface area contributed by atoms with Gasteiger partial charge in [0.1, 0.15) is 5.00 Å². The van der Waals surface area contributed by atoms with E-state index < -0.39 is 6.09 Å². The van der Waals surface area contributed by atoms with E-state index in [0.29, 0.717) is 9.34 Å². The van der Waals surface area contributed by atoms with Gasteiger partial charge in [0, 0.05) is 12.8 Å². The van der Waals surface area contributed by atoms with Crippen molar-refractivity contribution in [1.82, 2.24) is 10.3 Å². The standard InChI is InChI=1S/C15H17N3O3S2/c1-3-21-14(20)18-13-11(12(19)16-2)17-15(23-13)22-9-10-7-5-4-6-8-10/h4-8H,3,9H2,1-2H3,(H,16,19)(H,18,20). The molecule has 1 aromatic carbocycles. The van der Waals surface area contributed by atoms with Crippen molar-refractivity contribution in [2.75, 3.05) is 19.0 Å². The summed E-state index contributed by atoms with van der Waals surface area (Å²) in [6.45, 7) is 1.97. The van der Waals surface area contributed by atoms with Crippen molar-refractivity contribution in [1.29, 1.82) is 0 Å². The normalized spacial score (nSPS) is 10.2. The molecule has 1 aromatic heterocycles. The first-order valence-electron chi connectivity index (χ1n) is 6.97. The second-order valence-electron chi connectivity index (χ2n) is 4.36. The first kappa shape index (κ1) is 17.3. The second kappa shape index (κ2) is 8.54. The average molecular weight is 351 g/mol. The topological polar surface area (TPSA) is 80.3 Å². The molecule has 1 heterocycles. The van der Waals surface area contributed by atoms with Crippen LogP contribution in [0.3, 0.4) is 0 Å². The lowest BCUT2D eigenvalue weighted by atomic mass is 10.2. The summed E-state index contributed by atoms with van der Waals surface area (Å²) in [5.74, 6) is 0.389. The lowest BCUT2D eigenvalue weighted by molar-refractivity contribution is 0.0959. The largest absolute Gasteiger partial charge is 0.450 e. The maximum Gasteiger partial charge on any atom is 0.412 e. The Morgan fingerprint density at radius 3 is 2.70 bits per heavy atom. The summed E-state index contributed by atoms with van der Waals surface area (Å²) in [6, 6.07) is 9.96. The third kappa shape index (κ3) is 4.97. The van der Waals surface area contributed by atoms with Gasteiger partial charge in [-0.05, 0) is 12.5 Å². The van der Waals surface area contributed by atoms with Crippen LogP contribution < -0.4 is 10.6 Å². The number of nitrogens with zero attached hydrogens (tertiary/aromatic N) is 1. The molecule has 0 radical (unpaired) electrons. The van der Waals surface area contributed by atoms with Gasteiger partial charge >= 0.3 is 6.09 Å². The first-order chi connectivity index (χ1) is 11.1. The van der Waals surface area contributed by atoms with Gasteiger partial charge in [-0.25, -0.2) is 9.78 Å². The number of ether oxygens (including phenoxy) is 1. The molecule has 2 aromatic rings. The van der Waals surface area contributed by atoms with Crippen molar-refractivity contribution in [3.05, 3.63) is 41.6 Å². The molecule has 0 aliphatic rings. The van der Waals surface area contributed by atoms with Gasteiger partial charge in [-0.3, -0.25) is 10.1 Å². The lowest BCUT2D eigenvalue weighted by Crippen LogP contribution is -2.21. The van der Waals surface area contributed by atoms with Gasteiger partial charge < -0.3 is 10.1 Å². The van der Waals surface area contributed by atoms with E-state index in [4.69, 9.17) is 4.74 Å². The highest BCUT2D eigenvalue weighted by molar-refractivity contribution is 8.00. The van der Waals surface area contributed by atoms with Gasteiger partial charge in [-0.2, -0.15) is 0 Å². The minimum Gasteiger partial charge on any atom is -0.450 e. The van der Waals surface area contributed by atoms with Crippen LogP contribution in [0.25, 0.3) is 0 Å². The Labute approximate surface area is 142 Å². The zero-order chi connectivity index (χ0) is 16.7. The summed E-state index contributed by atoms with van der Waals surface area (Å²) in [7, 11) is 1.52. The van der Waals surface area contributed by atoms with Crippen LogP contribution in [0.4, 0.5) is 9.80 Å². The maximum absolute atomic E-state index is 11.9. The van der Waals surface area contributed by atoms with Gasteiger partial charge in [0.15, 0.2) is 10.0 Å². The van der Waals surface area contributed by atoms with E-state index in [-0.39, 0.29) is 18.2 Å². The van der Waals surface area contributed by atoms with Crippen LogP contribution in [0.1, 0.15) is 23.0 Å². The minimum absolute atomic E-state index is 0.195. The third-order valence-corrected chi connectivity index (χ3v) is 4.93. The van der Waals surface area contributed by atoms with Crippen LogP contribution in [0, 0.1) is 0 Å². The van der Waals surface area contributed by atoms with Crippen LogP contribution in [0.2, 0.25) is 0 Å². The van der Waals surface area contributed by atoms with Gasteiger partial charge in [0.2, 0.25) is 0 Å². The highest BCUT2D eigenvalue weighted by Crippen LogP contribution is 2.33. The molecule has 0 saturated carbocycles. The fraction of sp³-hybridized carbons (Fsp3) is 0.267. The summed E-state index contributed by atoms with van der Waals surface area (Å²) in [5, 5.41) is 5.47. The Morgan fingerprint density at radius 2 is 2.04 bits per heavy atom. The zero-order valence-corrected chi connectivity index (χ0v) is 14.4. The molecular formula is C15H17N3O3S2. The Morgan fingerprint density at radius 1 is 1.30 bits per heavy atom. The second-order valence-corrected chi connectivity index (χ2v) is 6.58. The molecule has 0 aliphatic carbocycles. The summed E-state index contributed by atoms with van der Waals surface area (Å²) in [4.78, 5) is 27.8. The summed E-state index contributed by atoms with van der Waals surface area (Å²) < 4.78 is 5.55. The Bertz CT molecular complexity index is 674. The van der Waals surface area contributed by atoms with E-state index in [0.717, 1.165) is 11.3 Å². The molecule has 2 N–H and O–H groups in total. The number of hydrogen-bond acceptors (Lipinski definition) is 6. The van der Waals surface area contributed by atoms with Crippen molar-refractivity contribution in [3.8, 4) is 0 Å². The molecule has 0 fully saturated rings. The quantitative estimate of drug-likeness (QED) is 0.780. The van der Waals surface area contributed by atoms with Crippen molar-refractivity contribution in [3.63, 3.8) is 0 Å². The zero-order valence-electron chi connectivity index (χ0n) is 12.8. The van der Waals surface area contributed by atoms with E-state index in [1.165, 1.54) is 30.1 Å². The number of aromatic nitrogens is 1. The number of rotatable bonds is 6. The monoisotopic (exact) mass is 351 g/mol. The fourth-order valence-corrected chi connectivity index (χ4v) is 3.68. The van der Waals surface area contributed by atoms with E-state index in [2.05, 4.69) is 15.6 Å². The Hall–Kier alpha value is -2.06. The molecule has 2 amide bonds. The summed E-state index contributed by atoms with van der Waals surface area (Å²) >= 11 is 2.77. The molecule has 0 bridgehead atoms. The van der Waals surface area contributed by atoms with Crippen LogP contribution >= 0.6 is 23.1 Å². The van der Waals surface area contributed by atoms with E-state index >= 15 is 0 Å². The summed E-state index contributed by atoms with van der Waals surface area (Å²) in [5.41, 5.74) is 1.36. The van der Waals surface area contributed by atoms with Gasteiger partial charge in [0.05, 0.1) is 6.61 Å². The van der Waals surface area contributed by atoms with Gasteiger partial charge in [0.25, 0.3) is 5.91 Å². The fourth-order valence-electron chi connectivity index (χ4n) is 1.70. The van der Waals surface area contributed by atoms with Crippen molar-refractivity contribution >= 4 is 40.1 Å². The highest BCUT2D eigenvalue weighted by Gasteiger charge is 2.19. The predicted molar refractivity (Wildman–Crippen MR) is 92.2 cm³/mol. The molecule has 6 nitrogen and oxygen atoms in total. The molecule has 0 spiro atoms. The van der Waals surface area contributed by atoms with Gasteiger partial charge in [-0.1, -0.05) is 53.4 Å². The minimum atomic E-state index is -0.596. The molecular weight excluding hydrogens is 334 g/mol. The number of nitrogens with one attached hydrogen (secondary N) is 2. The van der Waals surface area contributed by atoms with Gasteiger partial charge in [-0.15, -0.1) is 0 Å². The molecule has 2 rings (SSSR count). The number of amides is 2. The van der Waals surface area contributed by atoms with Crippen LogP contribution in [-0.4, -0.2) is 30.6 Å². The van der Waals surface area contributed by atoms with Crippen LogP contribution in [0.5, 0.6) is 0 Å². The first-order valence-corrected chi connectivity index (χ1v) is 8.77. The molecule has 23 heavy (non-hydrogen) atoms. The third-order valence-electron chi connectivity index (χ3n) is 2.75. The average Bonchev–Trinajstić information content (AvgIpc) is 2.96. The number of thioether (sulfide) groups is 1. The van der Waals surface area contributed by atoms with Crippen molar-refractivity contribution in [2.24, 2.45) is 0 Å². The lowest BCUT2D eigenvalue weighted by Gasteiger charge is -2.03.